The molecule has 11 heteroatoms. The highest BCUT2D eigenvalue weighted by Gasteiger charge is 2.47. The van der Waals surface area contributed by atoms with E-state index in [0.29, 0.717) is 0 Å². The molecule has 11 nitrogen and oxygen atoms in total. The molecule has 3 heterocycles. The number of H-pyrrole nitrogens is 1. The van der Waals surface area contributed by atoms with Gasteiger partial charge in [-0.25, -0.2) is 4.98 Å². The molecule has 3 rings (SSSR count). The average molecular weight is 365 g/mol. The van der Waals surface area contributed by atoms with E-state index in [-0.39, 0.29) is 22.4 Å². The van der Waals surface area contributed by atoms with Gasteiger partial charge in [0.1, 0.15) is 35.9 Å². The Morgan fingerprint density at radius 2 is 2.19 bits per heavy atom. The second-order valence-electron chi connectivity index (χ2n) is 6.08. The zero-order chi connectivity index (χ0) is 19.2. The van der Waals surface area contributed by atoms with Crippen LogP contribution < -0.4 is 11.3 Å². The predicted molar refractivity (Wildman–Crippen MR) is 88.5 cm³/mol. The minimum Gasteiger partial charge on any atom is -0.460 e. The summed E-state index contributed by atoms with van der Waals surface area (Å²) in [5.41, 5.74) is 5.29. The number of nitrogens with two attached hydrogens (primary N) is 1. The molecule has 0 aromatic carbocycles. The number of hydrogen-bond acceptors (Lipinski definition) is 8. The predicted octanol–water partition coefficient (Wildman–Crippen LogP) is -1.42. The summed E-state index contributed by atoms with van der Waals surface area (Å²) in [5.74, 6) is -0.908. The van der Waals surface area contributed by atoms with Gasteiger partial charge in [-0.1, -0.05) is 0 Å². The molecular formula is C15H19N5O6. The Kier molecular flexibility index (Phi) is 4.52. The fourth-order valence-corrected chi connectivity index (χ4v) is 3.12. The molecule has 5 atom stereocenters. The van der Waals surface area contributed by atoms with Gasteiger partial charge in [0.05, 0.1) is 11.7 Å². The van der Waals surface area contributed by atoms with Crippen molar-refractivity contribution < 1.29 is 24.5 Å². The molecule has 1 aliphatic heterocycles. The van der Waals surface area contributed by atoms with Gasteiger partial charge in [0.15, 0.2) is 6.23 Å². The van der Waals surface area contributed by atoms with Crippen molar-refractivity contribution in [2.24, 2.45) is 5.73 Å². The number of aliphatic hydroxyl groups excluding tert-OH is 2. The van der Waals surface area contributed by atoms with E-state index in [0.717, 1.165) is 0 Å². The van der Waals surface area contributed by atoms with Gasteiger partial charge in [-0.05, 0) is 6.92 Å². The Morgan fingerprint density at radius 1 is 1.50 bits per heavy atom. The molecular weight excluding hydrogens is 346 g/mol. The molecule has 1 aliphatic rings. The van der Waals surface area contributed by atoms with Gasteiger partial charge < -0.3 is 35.0 Å². The van der Waals surface area contributed by atoms with Crippen LogP contribution >= 0.6 is 0 Å². The zero-order valence-corrected chi connectivity index (χ0v) is 14.0. The highest BCUT2D eigenvalue weighted by atomic mass is 16.6. The first kappa shape index (κ1) is 18.0. The molecule has 6 N–H and O–H groups in total. The van der Waals surface area contributed by atoms with Crippen molar-refractivity contribution in [1.29, 1.82) is 5.41 Å². The first-order valence-electron chi connectivity index (χ1n) is 7.83. The van der Waals surface area contributed by atoms with E-state index in [1.807, 2.05) is 0 Å². The molecule has 0 amide bonds. The van der Waals surface area contributed by atoms with Gasteiger partial charge in [0.25, 0.3) is 5.56 Å². The molecule has 0 spiro atoms. The van der Waals surface area contributed by atoms with Crippen molar-refractivity contribution in [2.45, 2.75) is 44.5 Å². The number of nitrogens with one attached hydrogen (secondary N) is 2. The van der Waals surface area contributed by atoms with Crippen molar-refractivity contribution in [3.05, 3.63) is 28.4 Å². The lowest BCUT2D eigenvalue weighted by molar-refractivity contribution is -0.157. The van der Waals surface area contributed by atoms with E-state index < -0.39 is 42.2 Å². The topological polar surface area (TPSA) is 177 Å². The van der Waals surface area contributed by atoms with Crippen LogP contribution in [0.3, 0.4) is 0 Å². The largest absolute Gasteiger partial charge is 0.460 e. The average Bonchev–Trinajstić information content (AvgIpc) is 3.07. The van der Waals surface area contributed by atoms with Gasteiger partial charge in [0.2, 0.25) is 0 Å². The number of carbonyl (C=O) groups is 1. The summed E-state index contributed by atoms with van der Waals surface area (Å²) in [6.07, 6.45) is -3.11. The Labute approximate surface area is 146 Å². The number of aliphatic hydroxyl groups is 2. The third kappa shape index (κ3) is 2.85. The minimum atomic E-state index is -1.38. The summed E-state index contributed by atoms with van der Waals surface area (Å²) in [5, 5.41) is 28.4. The van der Waals surface area contributed by atoms with Crippen LogP contribution in [-0.4, -0.2) is 61.0 Å². The number of aromatic amines is 1. The van der Waals surface area contributed by atoms with E-state index in [9.17, 15) is 19.8 Å². The fourth-order valence-electron chi connectivity index (χ4n) is 3.12. The molecule has 0 bridgehead atoms. The molecule has 0 aliphatic carbocycles. The van der Waals surface area contributed by atoms with Crippen LogP contribution in [-0.2, 0) is 14.3 Å². The van der Waals surface area contributed by atoms with Gasteiger partial charge >= 0.3 is 5.97 Å². The smallest absolute Gasteiger partial charge is 0.302 e. The number of ether oxygens (including phenoxy) is 2. The summed E-state index contributed by atoms with van der Waals surface area (Å²) in [6, 6.07) is 0. The lowest BCUT2D eigenvalue weighted by Gasteiger charge is -2.21. The van der Waals surface area contributed by atoms with E-state index in [4.69, 9.17) is 20.6 Å². The van der Waals surface area contributed by atoms with E-state index in [1.54, 1.807) is 0 Å². The number of aromatic nitrogens is 3. The Balaban J connectivity index is 2.04. The second-order valence-corrected chi connectivity index (χ2v) is 6.08. The molecule has 1 fully saturated rings. The van der Waals surface area contributed by atoms with Crippen LogP contribution in [0, 0.1) is 5.41 Å². The molecule has 140 valence electrons. The summed E-state index contributed by atoms with van der Waals surface area (Å²) in [7, 11) is 0. The van der Waals surface area contributed by atoms with Crippen molar-refractivity contribution in [2.75, 3.05) is 0 Å². The number of carbonyl (C=O) groups excluding carboxylic acids is 1. The van der Waals surface area contributed by atoms with Gasteiger partial charge in [-0.2, -0.15) is 0 Å². The van der Waals surface area contributed by atoms with Gasteiger partial charge in [-0.3, -0.25) is 15.0 Å². The summed E-state index contributed by atoms with van der Waals surface area (Å²) in [4.78, 5) is 29.7. The molecule has 26 heavy (non-hydrogen) atoms. The third-order valence-electron chi connectivity index (χ3n) is 4.27. The molecule has 2 aromatic rings. The van der Waals surface area contributed by atoms with Crippen LogP contribution in [0.15, 0.2) is 17.3 Å². The van der Waals surface area contributed by atoms with Crippen LogP contribution in [0.2, 0.25) is 0 Å². The molecule has 0 radical (unpaired) electrons. The lowest BCUT2D eigenvalue weighted by Crippen LogP contribution is -2.39. The van der Waals surface area contributed by atoms with Crippen molar-refractivity contribution in [1.82, 2.24) is 14.5 Å². The normalized spacial score (nSPS) is 26.8. The molecule has 0 saturated carbocycles. The first-order valence-corrected chi connectivity index (χ1v) is 7.83. The number of esters is 1. The lowest BCUT2D eigenvalue weighted by atomic mass is 10.1. The number of nitrogen functional groups attached to an aromatic ring is 1. The summed E-state index contributed by atoms with van der Waals surface area (Å²) in [6.45, 7) is 2.75. The van der Waals surface area contributed by atoms with Crippen LogP contribution in [0.4, 0.5) is 0 Å². The van der Waals surface area contributed by atoms with Gasteiger partial charge in [-0.15, -0.1) is 0 Å². The third-order valence-corrected chi connectivity index (χ3v) is 4.27. The Bertz CT molecular complexity index is 921. The fraction of sp³-hybridized carbons (Fsp3) is 0.467. The summed E-state index contributed by atoms with van der Waals surface area (Å²) >= 11 is 0. The number of fused-ring (bicyclic) bond motifs is 1. The number of rotatable bonds is 4. The maximum absolute atomic E-state index is 12.1. The highest BCUT2D eigenvalue weighted by Crippen LogP contribution is 2.34. The Morgan fingerprint density at radius 3 is 2.81 bits per heavy atom. The highest BCUT2D eigenvalue weighted by molar-refractivity contribution is 6.06. The van der Waals surface area contributed by atoms with Crippen LogP contribution in [0.1, 0.15) is 25.6 Å². The summed E-state index contributed by atoms with van der Waals surface area (Å²) < 4.78 is 12.0. The molecule has 1 saturated heterocycles. The quantitative estimate of drug-likeness (QED) is 0.249. The van der Waals surface area contributed by atoms with E-state index in [1.165, 1.54) is 30.9 Å². The first-order chi connectivity index (χ1) is 12.2. The van der Waals surface area contributed by atoms with Crippen LogP contribution in [0.5, 0.6) is 0 Å². The monoisotopic (exact) mass is 365 g/mol. The van der Waals surface area contributed by atoms with E-state index >= 15 is 0 Å². The maximum atomic E-state index is 12.1. The number of amidine groups is 1. The molecule has 0 unspecified atom stereocenters. The Hall–Kier alpha value is -2.76. The minimum absolute atomic E-state index is 0.0711. The maximum Gasteiger partial charge on any atom is 0.302 e. The van der Waals surface area contributed by atoms with E-state index in [2.05, 4.69) is 9.97 Å². The standard InChI is InChI=1S/C15H19N5O6/c1-5(25-6(2)21)11-9(22)10(23)15(26-11)20-3-7(12(16)17)8-13(20)18-4-19-14(8)24/h3-5,9-11,15,22-23H,1-2H3,(H3,16,17)(H,18,19,24)/t5-,9+,10-,11-,15-/m1/s1. The second kappa shape index (κ2) is 6.52. The zero-order valence-electron chi connectivity index (χ0n) is 14.0. The number of nitrogens with zero attached hydrogens (tertiary/aromatic N) is 2. The molecule has 2 aromatic heterocycles. The van der Waals surface area contributed by atoms with Crippen molar-refractivity contribution >= 4 is 22.8 Å². The van der Waals surface area contributed by atoms with Crippen molar-refractivity contribution in [3.63, 3.8) is 0 Å². The SMILES string of the molecule is CC(=O)O[C@H](C)[C@H]1O[C@@H](n2cc(C(=N)N)c3c(=O)[nH]cnc32)[C@H](O)[C@@H]1O. The number of hydrogen-bond donors (Lipinski definition) is 5. The van der Waals surface area contributed by atoms with Crippen LogP contribution in [0.25, 0.3) is 11.0 Å². The van der Waals surface area contributed by atoms with Crippen molar-refractivity contribution in [3.8, 4) is 0 Å². The van der Waals surface area contributed by atoms with Gasteiger partial charge in [0, 0.05) is 18.7 Å².